The summed E-state index contributed by atoms with van der Waals surface area (Å²) in [4.78, 5) is 50.5. The molecule has 17 heteroatoms. The zero-order valence-electron chi connectivity index (χ0n) is 34.8. The van der Waals surface area contributed by atoms with E-state index in [0.29, 0.717) is 49.6 Å². The number of aromatic nitrogens is 4. The Kier molecular flexibility index (Phi) is 15.4. The lowest BCUT2D eigenvalue weighted by atomic mass is 9.86. The highest BCUT2D eigenvalue weighted by atomic mass is 19.3. The Morgan fingerprint density at radius 2 is 1.59 bits per heavy atom. The minimum absolute atomic E-state index is 0.0805. The van der Waals surface area contributed by atoms with E-state index in [0.717, 1.165) is 57.9 Å². The van der Waals surface area contributed by atoms with Crippen molar-refractivity contribution in [3.8, 4) is 11.5 Å². The maximum absolute atomic E-state index is 14.2. The summed E-state index contributed by atoms with van der Waals surface area (Å²) in [7, 11) is 2.05. The first kappa shape index (κ1) is 44.6. The summed E-state index contributed by atoms with van der Waals surface area (Å²) in [6, 6.07) is 3.20. The Bertz CT molecular complexity index is 1810. The Balaban J connectivity index is 1.08. The van der Waals surface area contributed by atoms with Gasteiger partial charge in [-0.05, 0) is 111 Å². The highest BCUT2D eigenvalue weighted by Gasteiger charge is 2.32. The fourth-order valence-corrected chi connectivity index (χ4v) is 6.60. The largest absolute Gasteiger partial charge is 0.460 e. The molecular weight excluding hydrogens is 756 g/mol. The maximum atomic E-state index is 14.2. The van der Waals surface area contributed by atoms with Crippen molar-refractivity contribution in [3.63, 3.8) is 0 Å². The molecule has 0 saturated heterocycles. The van der Waals surface area contributed by atoms with E-state index in [1.54, 1.807) is 37.6 Å². The number of carbonyl (C=O) groups is 3. The summed E-state index contributed by atoms with van der Waals surface area (Å²) in [5.41, 5.74) is -1.43. The number of ether oxygens (including phenoxy) is 4. The second-order valence-corrected chi connectivity index (χ2v) is 17.1. The van der Waals surface area contributed by atoms with Crippen molar-refractivity contribution in [1.29, 1.82) is 0 Å². The van der Waals surface area contributed by atoms with Crippen LogP contribution in [0.15, 0.2) is 35.2 Å². The number of esters is 1. The van der Waals surface area contributed by atoms with E-state index in [2.05, 4.69) is 25.3 Å². The van der Waals surface area contributed by atoms with E-state index in [9.17, 15) is 23.2 Å². The standard InChI is InChI=1S/C41H59F2N7O8/c1-40(2,3)57-34(51)15-18-54-20-21-55-19-17-48(7)23-27-10-12-30(13-11-27)50-25-31(35(47-50)36(42)43)45-37(52)32-26-56-38(46-32)29-14-16-44-33(22-29)49(24-28-8-9-28)39(53)58-41(4,5)6/h14,16,22,25-28,30,36H,8-13,15,17-21,23-24H2,1-7H3,(H,45,52). The van der Waals surface area contributed by atoms with Crippen molar-refractivity contribution in [3.05, 3.63) is 42.2 Å². The minimum Gasteiger partial charge on any atom is -0.460 e. The number of anilines is 2. The van der Waals surface area contributed by atoms with Crippen LogP contribution >= 0.6 is 0 Å². The predicted octanol–water partition coefficient (Wildman–Crippen LogP) is 7.70. The van der Waals surface area contributed by atoms with Crippen LogP contribution < -0.4 is 10.2 Å². The van der Waals surface area contributed by atoms with Crippen LogP contribution in [0.3, 0.4) is 0 Å². The van der Waals surface area contributed by atoms with Crippen LogP contribution in [0.1, 0.15) is 115 Å². The molecule has 1 N–H and O–H groups in total. The zero-order valence-corrected chi connectivity index (χ0v) is 34.8. The second-order valence-electron chi connectivity index (χ2n) is 17.1. The Hall–Kier alpha value is -4.48. The first-order valence-electron chi connectivity index (χ1n) is 20.1. The molecule has 3 heterocycles. The number of halogens is 2. The van der Waals surface area contributed by atoms with Gasteiger partial charge in [0.2, 0.25) is 5.89 Å². The van der Waals surface area contributed by atoms with E-state index in [1.165, 1.54) is 17.3 Å². The van der Waals surface area contributed by atoms with E-state index in [1.807, 2.05) is 27.8 Å². The molecule has 2 amide bonds. The molecule has 2 aliphatic rings. The fraction of sp³-hybridized carbons (Fsp3) is 0.659. The molecule has 0 bridgehead atoms. The Labute approximate surface area is 339 Å². The van der Waals surface area contributed by atoms with Crippen molar-refractivity contribution >= 4 is 29.5 Å². The van der Waals surface area contributed by atoms with Gasteiger partial charge in [-0.25, -0.2) is 23.5 Å². The summed E-state index contributed by atoms with van der Waals surface area (Å²) in [5, 5.41) is 6.76. The van der Waals surface area contributed by atoms with Crippen molar-refractivity contribution in [2.75, 3.05) is 63.3 Å². The number of rotatable bonds is 19. The molecule has 0 aromatic carbocycles. The second kappa shape index (κ2) is 20.0. The van der Waals surface area contributed by atoms with Crippen molar-refractivity contribution in [2.24, 2.45) is 11.8 Å². The molecule has 0 radical (unpaired) electrons. The van der Waals surface area contributed by atoms with Gasteiger partial charge in [0.1, 0.15) is 23.3 Å². The highest BCUT2D eigenvalue weighted by molar-refractivity contribution is 6.03. The fourth-order valence-electron chi connectivity index (χ4n) is 6.60. The molecule has 15 nitrogen and oxygen atoms in total. The number of amides is 2. The normalized spacial score (nSPS) is 17.4. The van der Waals surface area contributed by atoms with E-state index < -0.39 is 35.3 Å². The lowest BCUT2D eigenvalue weighted by molar-refractivity contribution is -0.156. The molecule has 5 rings (SSSR count). The number of hydrogen-bond acceptors (Lipinski definition) is 12. The molecular formula is C41H59F2N7O8. The van der Waals surface area contributed by atoms with Gasteiger partial charge in [0.15, 0.2) is 11.4 Å². The number of likely N-dealkylation sites (N-methyl/N-ethyl adjacent to an activating group) is 1. The molecule has 0 aliphatic heterocycles. The third-order valence-corrected chi connectivity index (χ3v) is 9.59. The third-order valence-electron chi connectivity index (χ3n) is 9.59. The molecule has 3 aromatic heterocycles. The number of nitrogens with zero attached hydrogens (tertiary/aromatic N) is 6. The molecule has 0 spiro atoms. The van der Waals surface area contributed by atoms with Gasteiger partial charge in [-0.15, -0.1) is 0 Å². The van der Waals surface area contributed by atoms with Crippen LogP contribution in [-0.2, 0) is 23.7 Å². The minimum atomic E-state index is -2.90. The third kappa shape index (κ3) is 14.1. The average molecular weight is 816 g/mol. The van der Waals surface area contributed by atoms with Gasteiger partial charge in [0, 0.05) is 37.6 Å². The van der Waals surface area contributed by atoms with E-state index in [4.69, 9.17) is 23.4 Å². The van der Waals surface area contributed by atoms with Crippen LogP contribution in [0.5, 0.6) is 0 Å². The van der Waals surface area contributed by atoms with Gasteiger partial charge in [0.25, 0.3) is 12.3 Å². The van der Waals surface area contributed by atoms with Crippen LogP contribution in [-0.4, -0.2) is 107 Å². The lowest BCUT2D eigenvalue weighted by Crippen LogP contribution is -2.38. The van der Waals surface area contributed by atoms with Crippen molar-refractivity contribution in [2.45, 2.75) is 110 Å². The molecule has 0 atom stereocenters. The SMILES string of the molecule is CN(CCOCCOCCC(=O)OC(C)(C)C)CC1CCC(n2cc(NC(=O)c3coc(-c4ccnc(N(CC5CC5)C(=O)OC(C)(C)C)c4)n3)c(C(F)F)n2)CC1. The lowest BCUT2D eigenvalue weighted by Gasteiger charge is -2.31. The summed E-state index contributed by atoms with van der Waals surface area (Å²) in [6.45, 7) is 14.6. The molecule has 0 unspecified atom stereocenters. The Morgan fingerprint density at radius 3 is 2.24 bits per heavy atom. The zero-order chi connectivity index (χ0) is 42.0. The first-order valence-corrected chi connectivity index (χ1v) is 20.1. The number of alkyl halides is 2. The number of pyridine rings is 1. The summed E-state index contributed by atoms with van der Waals surface area (Å²) in [5.74, 6) is 0.250. The molecule has 2 aliphatic carbocycles. The summed E-state index contributed by atoms with van der Waals surface area (Å²) in [6.07, 6.45) is 6.29. The molecule has 2 fully saturated rings. The number of oxazole rings is 1. The Morgan fingerprint density at radius 1 is 0.931 bits per heavy atom. The number of hydrogen-bond donors (Lipinski definition) is 1. The van der Waals surface area contributed by atoms with Gasteiger partial charge in [0.05, 0.1) is 44.6 Å². The van der Waals surface area contributed by atoms with E-state index in [-0.39, 0.29) is 42.3 Å². The number of carbonyl (C=O) groups excluding carboxylic acids is 3. The van der Waals surface area contributed by atoms with Gasteiger partial charge < -0.3 is 33.6 Å². The first-order chi connectivity index (χ1) is 27.4. The quantitative estimate of drug-likeness (QED) is 0.0928. The monoisotopic (exact) mass is 815 g/mol. The molecule has 58 heavy (non-hydrogen) atoms. The number of nitrogens with one attached hydrogen (secondary N) is 1. The molecule has 320 valence electrons. The summed E-state index contributed by atoms with van der Waals surface area (Å²) >= 11 is 0. The maximum Gasteiger partial charge on any atom is 0.416 e. The topological polar surface area (TPSA) is 163 Å². The van der Waals surface area contributed by atoms with Crippen LogP contribution in [0, 0.1) is 11.8 Å². The smallest absolute Gasteiger partial charge is 0.416 e. The van der Waals surface area contributed by atoms with Crippen LogP contribution in [0.25, 0.3) is 11.5 Å². The van der Waals surface area contributed by atoms with Crippen molar-refractivity contribution in [1.82, 2.24) is 24.6 Å². The average Bonchev–Trinajstić information content (AvgIpc) is 3.64. The van der Waals surface area contributed by atoms with E-state index >= 15 is 0 Å². The van der Waals surface area contributed by atoms with Gasteiger partial charge in [-0.1, -0.05) is 0 Å². The highest BCUT2D eigenvalue weighted by Crippen LogP contribution is 2.36. The summed E-state index contributed by atoms with van der Waals surface area (Å²) < 4.78 is 57.6. The predicted molar refractivity (Wildman–Crippen MR) is 212 cm³/mol. The van der Waals surface area contributed by atoms with Gasteiger partial charge in [-0.3, -0.25) is 19.2 Å². The van der Waals surface area contributed by atoms with Gasteiger partial charge >= 0.3 is 12.1 Å². The van der Waals surface area contributed by atoms with Crippen LogP contribution in [0.4, 0.5) is 25.1 Å². The van der Waals surface area contributed by atoms with Crippen molar-refractivity contribution < 1.29 is 46.5 Å². The molecule has 3 aromatic rings. The van der Waals surface area contributed by atoms with Crippen LogP contribution in [0.2, 0.25) is 0 Å². The molecule has 2 saturated carbocycles. The van der Waals surface area contributed by atoms with Gasteiger partial charge in [-0.2, -0.15) is 5.10 Å².